The quantitative estimate of drug-likeness (QED) is 0.770. The number of hydrogen-bond acceptors (Lipinski definition) is 3. The van der Waals surface area contributed by atoms with E-state index in [4.69, 9.17) is 10.5 Å². The van der Waals surface area contributed by atoms with Crippen LogP contribution in [0.4, 0.5) is 5.69 Å². The maximum atomic E-state index is 5.84. The van der Waals surface area contributed by atoms with Gasteiger partial charge in [-0.2, -0.15) is 0 Å². The second-order valence-electron chi connectivity index (χ2n) is 5.08. The van der Waals surface area contributed by atoms with Gasteiger partial charge in [0.2, 0.25) is 0 Å². The lowest BCUT2D eigenvalue weighted by atomic mass is 9.77. The molecule has 88 valence electrons. The Bertz CT molecular complexity index is 392. The summed E-state index contributed by atoms with van der Waals surface area (Å²) in [7, 11) is 3.90. The maximum Gasteiger partial charge on any atom is 0.0568 e. The molecule has 0 aromatic heterocycles. The number of benzene rings is 1. The molecule has 0 aliphatic carbocycles. The minimum Gasteiger partial charge on any atom is -0.399 e. The van der Waals surface area contributed by atoms with E-state index in [-0.39, 0.29) is 5.41 Å². The van der Waals surface area contributed by atoms with E-state index in [2.05, 4.69) is 31.0 Å². The van der Waals surface area contributed by atoms with Crippen molar-refractivity contribution in [3.8, 4) is 0 Å². The van der Waals surface area contributed by atoms with Gasteiger partial charge in [0.05, 0.1) is 6.61 Å². The molecule has 0 bridgehead atoms. The third-order valence-corrected chi connectivity index (χ3v) is 3.30. The van der Waals surface area contributed by atoms with Crippen LogP contribution in [0.2, 0.25) is 0 Å². The number of methoxy groups -OCH3 is 1. The summed E-state index contributed by atoms with van der Waals surface area (Å²) < 4.78 is 5.36. The van der Waals surface area contributed by atoms with E-state index in [1.165, 1.54) is 11.1 Å². The van der Waals surface area contributed by atoms with E-state index >= 15 is 0 Å². The van der Waals surface area contributed by atoms with Gasteiger partial charge in [-0.3, -0.25) is 0 Å². The van der Waals surface area contributed by atoms with Crippen molar-refractivity contribution in [2.75, 3.05) is 33.0 Å². The van der Waals surface area contributed by atoms with Gasteiger partial charge in [0.1, 0.15) is 0 Å². The molecule has 1 aromatic rings. The average Bonchev–Trinajstić information content (AvgIpc) is 2.15. The third-order valence-electron chi connectivity index (χ3n) is 3.30. The smallest absolute Gasteiger partial charge is 0.0568 e. The lowest BCUT2D eigenvalue weighted by molar-refractivity contribution is 0.101. The Morgan fingerprint density at radius 2 is 2.25 bits per heavy atom. The minimum absolute atomic E-state index is 0.0742. The van der Waals surface area contributed by atoms with Crippen molar-refractivity contribution >= 4 is 5.69 Å². The Morgan fingerprint density at radius 3 is 2.94 bits per heavy atom. The summed E-state index contributed by atoms with van der Waals surface area (Å²) >= 11 is 0. The minimum atomic E-state index is 0.0742. The zero-order chi connectivity index (χ0) is 11.8. The molecule has 0 saturated carbocycles. The monoisotopic (exact) mass is 220 g/mol. The van der Waals surface area contributed by atoms with Crippen LogP contribution in [0.1, 0.15) is 18.1 Å². The van der Waals surface area contributed by atoms with Crippen LogP contribution in [0.3, 0.4) is 0 Å². The van der Waals surface area contributed by atoms with Crippen molar-refractivity contribution in [2.24, 2.45) is 0 Å². The van der Waals surface area contributed by atoms with Gasteiger partial charge in [0.25, 0.3) is 0 Å². The second-order valence-corrected chi connectivity index (χ2v) is 5.08. The van der Waals surface area contributed by atoms with Crippen molar-refractivity contribution in [3.05, 3.63) is 29.3 Å². The van der Waals surface area contributed by atoms with Gasteiger partial charge in [-0.1, -0.05) is 13.0 Å². The molecule has 1 heterocycles. The summed E-state index contributed by atoms with van der Waals surface area (Å²) in [4.78, 5) is 2.32. The van der Waals surface area contributed by atoms with E-state index in [1.54, 1.807) is 7.11 Å². The van der Waals surface area contributed by atoms with Crippen LogP contribution >= 0.6 is 0 Å². The van der Waals surface area contributed by atoms with Gasteiger partial charge in [0.15, 0.2) is 0 Å². The van der Waals surface area contributed by atoms with Crippen molar-refractivity contribution in [1.29, 1.82) is 0 Å². The number of hydrogen-bond donors (Lipinski definition) is 1. The Balaban J connectivity index is 2.45. The van der Waals surface area contributed by atoms with Gasteiger partial charge >= 0.3 is 0 Å². The highest BCUT2D eigenvalue weighted by Gasteiger charge is 2.34. The fourth-order valence-corrected chi connectivity index (χ4v) is 2.80. The summed E-state index contributed by atoms with van der Waals surface area (Å²) in [6, 6.07) is 6.22. The maximum absolute atomic E-state index is 5.84. The van der Waals surface area contributed by atoms with Gasteiger partial charge in [-0.05, 0) is 30.3 Å². The van der Waals surface area contributed by atoms with E-state index in [1.807, 2.05) is 6.07 Å². The first-order valence-electron chi connectivity index (χ1n) is 5.61. The first-order valence-corrected chi connectivity index (χ1v) is 5.61. The molecule has 0 saturated heterocycles. The highest BCUT2D eigenvalue weighted by Crippen LogP contribution is 2.34. The lowest BCUT2D eigenvalue weighted by Gasteiger charge is -2.40. The number of anilines is 1. The van der Waals surface area contributed by atoms with Crippen LogP contribution < -0.4 is 5.73 Å². The molecule has 0 amide bonds. The SMILES string of the molecule is COCC1(C)CN(C)Cc2cc(N)ccc21. The molecule has 2 rings (SSSR count). The fourth-order valence-electron chi connectivity index (χ4n) is 2.80. The molecule has 1 unspecified atom stereocenters. The number of nitrogens with two attached hydrogens (primary N) is 1. The first-order chi connectivity index (χ1) is 7.55. The first kappa shape index (κ1) is 11.4. The summed E-state index contributed by atoms with van der Waals surface area (Å²) in [5, 5.41) is 0. The second kappa shape index (κ2) is 4.07. The molecule has 1 aromatic carbocycles. The Morgan fingerprint density at radius 1 is 1.50 bits per heavy atom. The van der Waals surface area contributed by atoms with Crippen LogP contribution in [-0.4, -0.2) is 32.2 Å². The van der Waals surface area contributed by atoms with Crippen LogP contribution in [0, 0.1) is 0 Å². The summed E-state index contributed by atoms with van der Waals surface area (Å²) in [5.74, 6) is 0. The molecule has 1 aliphatic rings. The predicted octanol–water partition coefficient (Wildman–Crippen LogP) is 1.62. The molecule has 1 aliphatic heterocycles. The van der Waals surface area contributed by atoms with Crippen LogP contribution in [-0.2, 0) is 16.7 Å². The van der Waals surface area contributed by atoms with Crippen molar-refractivity contribution in [3.63, 3.8) is 0 Å². The van der Waals surface area contributed by atoms with Crippen LogP contribution in [0.5, 0.6) is 0 Å². The molecular formula is C13H20N2O. The molecule has 2 N–H and O–H groups in total. The zero-order valence-corrected chi connectivity index (χ0v) is 10.3. The molecule has 0 spiro atoms. The summed E-state index contributed by atoms with van der Waals surface area (Å²) in [6.45, 7) is 4.99. The largest absolute Gasteiger partial charge is 0.399 e. The molecule has 0 radical (unpaired) electrons. The molecular weight excluding hydrogens is 200 g/mol. The van der Waals surface area contributed by atoms with Crippen molar-refractivity contribution < 1.29 is 4.74 Å². The number of ether oxygens (including phenoxy) is 1. The zero-order valence-electron chi connectivity index (χ0n) is 10.3. The van der Waals surface area contributed by atoms with E-state index in [0.29, 0.717) is 0 Å². The number of likely N-dealkylation sites (N-methyl/N-ethyl adjacent to an activating group) is 1. The van der Waals surface area contributed by atoms with Gasteiger partial charge < -0.3 is 15.4 Å². The van der Waals surface area contributed by atoms with E-state index < -0.39 is 0 Å². The predicted molar refractivity (Wildman–Crippen MR) is 66.4 cm³/mol. The topological polar surface area (TPSA) is 38.5 Å². The average molecular weight is 220 g/mol. The Hall–Kier alpha value is -1.06. The number of fused-ring (bicyclic) bond motifs is 1. The number of nitrogens with zero attached hydrogens (tertiary/aromatic N) is 1. The molecule has 16 heavy (non-hydrogen) atoms. The Labute approximate surface area is 97.2 Å². The normalized spacial score (nSPS) is 25.4. The summed E-state index contributed by atoms with van der Waals surface area (Å²) in [6.07, 6.45) is 0. The van der Waals surface area contributed by atoms with Gasteiger partial charge in [-0.25, -0.2) is 0 Å². The highest BCUT2D eigenvalue weighted by atomic mass is 16.5. The number of rotatable bonds is 2. The van der Waals surface area contributed by atoms with Crippen LogP contribution in [0.25, 0.3) is 0 Å². The Kier molecular flexibility index (Phi) is 2.91. The van der Waals surface area contributed by atoms with E-state index in [9.17, 15) is 0 Å². The molecule has 3 heteroatoms. The molecule has 0 fully saturated rings. The van der Waals surface area contributed by atoms with Crippen molar-refractivity contribution in [1.82, 2.24) is 4.90 Å². The van der Waals surface area contributed by atoms with Gasteiger partial charge in [-0.15, -0.1) is 0 Å². The summed E-state index contributed by atoms with van der Waals surface area (Å²) in [5.41, 5.74) is 9.46. The molecule has 1 atom stereocenters. The van der Waals surface area contributed by atoms with Crippen molar-refractivity contribution in [2.45, 2.75) is 18.9 Å². The number of nitrogen functional groups attached to an aromatic ring is 1. The van der Waals surface area contributed by atoms with E-state index in [0.717, 1.165) is 25.4 Å². The highest BCUT2D eigenvalue weighted by molar-refractivity contribution is 5.48. The fraction of sp³-hybridized carbons (Fsp3) is 0.538. The standard InChI is InChI=1S/C13H20N2O/c1-13(9-16-3)8-15(2)7-10-6-11(14)4-5-12(10)13/h4-6H,7-9,14H2,1-3H3. The van der Waals surface area contributed by atoms with Gasteiger partial charge in [0, 0.05) is 31.3 Å². The van der Waals surface area contributed by atoms with Crippen LogP contribution in [0.15, 0.2) is 18.2 Å². The molecule has 3 nitrogen and oxygen atoms in total. The lowest BCUT2D eigenvalue weighted by Crippen LogP contribution is -2.44. The third kappa shape index (κ3) is 1.93.